The van der Waals surface area contributed by atoms with Crippen molar-refractivity contribution >= 4 is 5.91 Å². The Labute approximate surface area is 47.4 Å². The van der Waals surface area contributed by atoms with Crippen molar-refractivity contribution in [2.45, 2.75) is 12.0 Å². The molecule has 2 N–H and O–H groups in total. The molecule has 8 heavy (non-hydrogen) atoms. The average molecular weight is 112 g/mol. The van der Waals surface area contributed by atoms with Gasteiger partial charge in [-0.15, -0.1) is 0 Å². The van der Waals surface area contributed by atoms with Crippen molar-refractivity contribution in [1.82, 2.24) is 10.6 Å². The molecule has 0 bridgehead atoms. The summed E-state index contributed by atoms with van der Waals surface area (Å²) < 4.78 is 0. The minimum atomic E-state index is 0.200. The molecule has 44 valence electrons. The molecule has 2 saturated heterocycles. The van der Waals surface area contributed by atoms with E-state index in [2.05, 4.69) is 10.6 Å². The molecule has 0 aliphatic carbocycles. The van der Waals surface area contributed by atoms with Crippen molar-refractivity contribution in [3.05, 3.63) is 0 Å². The smallest absolute Gasteiger partial charge is 0.222 e. The molecule has 0 aromatic heterocycles. The van der Waals surface area contributed by atoms with Gasteiger partial charge in [-0.05, 0) is 0 Å². The number of amides is 1. The first-order valence-electron chi connectivity index (χ1n) is 2.83. The van der Waals surface area contributed by atoms with Crippen LogP contribution in [0.2, 0.25) is 0 Å². The van der Waals surface area contributed by atoms with Gasteiger partial charge in [0.05, 0.1) is 12.0 Å². The van der Waals surface area contributed by atoms with Crippen LogP contribution in [0.5, 0.6) is 0 Å². The van der Waals surface area contributed by atoms with E-state index in [1.807, 2.05) is 0 Å². The molecular weight excluding hydrogens is 104 g/mol. The van der Waals surface area contributed by atoms with E-state index < -0.39 is 0 Å². The summed E-state index contributed by atoms with van der Waals surface area (Å²) in [6.07, 6.45) is 0.736. The number of rotatable bonds is 0. The van der Waals surface area contributed by atoms with Gasteiger partial charge in [0.25, 0.3) is 0 Å². The summed E-state index contributed by atoms with van der Waals surface area (Å²) in [5.41, 5.74) is 0.205. The lowest BCUT2D eigenvalue weighted by Crippen LogP contribution is -2.76. The van der Waals surface area contributed by atoms with E-state index in [4.69, 9.17) is 0 Å². The SMILES string of the molecule is O=C1CC2(CNC2)N1. The number of carbonyl (C=O) groups excluding carboxylic acids is 1. The molecule has 2 rings (SSSR count). The van der Waals surface area contributed by atoms with E-state index in [1.165, 1.54) is 0 Å². The monoisotopic (exact) mass is 112 g/mol. The quantitative estimate of drug-likeness (QED) is 0.388. The summed E-state index contributed by atoms with van der Waals surface area (Å²) in [5.74, 6) is 0.200. The molecule has 0 aromatic carbocycles. The highest BCUT2D eigenvalue weighted by molar-refractivity contribution is 5.85. The van der Waals surface area contributed by atoms with E-state index in [1.54, 1.807) is 0 Å². The Morgan fingerprint density at radius 3 is 2.25 bits per heavy atom. The van der Waals surface area contributed by atoms with Crippen LogP contribution in [0.4, 0.5) is 0 Å². The van der Waals surface area contributed by atoms with Crippen molar-refractivity contribution in [3.8, 4) is 0 Å². The predicted molar refractivity (Wildman–Crippen MR) is 28.4 cm³/mol. The Balaban J connectivity index is 2.01. The highest BCUT2D eigenvalue weighted by Crippen LogP contribution is 2.23. The minimum absolute atomic E-state index is 0.200. The lowest BCUT2D eigenvalue weighted by Gasteiger charge is -2.49. The predicted octanol–water partition coefficient (Wildman–Crippen LogP) is -1.15. The van der Waals surface area contributed by atoms with E-state index in [0.29, 0.717) is 0 Å². The molecule has 0 aromatic rings. The zero-order chi connectivity index (χ0) is 5.61. The van der Waals surface area contributed by atoms with E-state index >= 15 is 0 Å². The van der Waals surface area contributed by atoms with Crippen LogP contribution in [0.3, 0.4) is 0 Å². The van der Waals surface area contributed by atoms with Gasteiger partial charge in [-0.3, -0.25) is 4.79 Å². The number of β-lactam (4-membered cyclic amide) rings is 1. The largest absolute Gasteiger partial charge is 0.347 e. The van der Waals surface area contributed by atoms with Gasteiger partial charge < -0.3 is 10.6 Å². The second-order valence-corrected chi connectivity index (χ2v) is 2.61. The first-order chi connectivity index (χ1) is 3.81. The lowest BCUT2D eigenvalue weighted by molar-refractivity contribution is -0.134. The molecular formula is C5H8N2O. The topological polar surface area (TPSA) is 41.1 Å². The van der Waals surface area contributed by atoms with Gasteiger partial charge in [-0.25, -0.2) is 0 Å². The molecule has 1 amide bonds. The van der Waals surface area contributed by atoms with Crippen LogP contribution < -0.4 is 10.6 Å². The fraction of sp³-hybridized carbons (Fsp3) is 0.800. The van der Waals surface area contributed by atoms with Crippen LogP contribution in [-0.2, 0) is 4.79 Å². The van der Waals surface area contributed by atoms with Crippen molar-refractivity contribution in [3.63, 3.8) is 0 Å². The molecule has 2 aliphatic heterocycles. The maximum atomic E-state index is 10.4. The van der Waals surface area contributed by atoms with Gasteiger partial charge in [0.1, 0.15) is 0 Å². The lowest BCUT2D eigenvalue weighted by atomic mass is 9.82. The van der Waals surface area contributed by atoms with Crippen molar-refractivity contribution in [2.75, 3.05) is 13.1 Å². The average Bonchev–Trinajstić information content (AvgIpc) is 1.51. The van der Waals surface area contributed by atoms with Crippen LogP contribution in [-0.4, -0.2) is 24.5 Å². The molecule has 1 spiro atoms. The minimum Gasteiger partial charge on any atom is -0.347 e. The Morgan fingerprint density at radius 2 is 2.12 bits per heavy atom. The zero-order valence-corrected chi connectivity index (χ0v) is 4.53. The van der Waals surface area contributed by atoms with E-state index in [9.17, 15) is 4.79 Å². The third kappa shape index (κ3) is 0.351. The fourth-order valence-corrected chi connectivity index (χ4v) is 1.22. The molecule has 0 unspecified atom stereocenters. The Bertz CT molecular complexity index is 129. The van der Waals surface area contributed by atoms with Gasteiger partial charge in [0.2, 0.25) is 5.91 Å². The normalized spacial score (nSPS) is 30.8. The summed E-state index contributed by atoms with van der Waals surface area (Å²) in [4.78, 5) is 10.4. The second-order valence-electron chi connectivity index (χ2n) is 2.61. The van der Waals surface area contributed by atoms with Crippen molar-refractivity contribution < 1.29 is 4.79 Å². The van der Waals surface area contributed by atoms with Gasteiger partial charge in [0.15, 0.2) is 0 Å². The van der Waals surface area contributed by atoms with Crippen LogP contribution in [0.25, 0.3) is 0 Å². The number of hydrogen-bond acceptors (Lipinski definition) is 2. The summed E-state index contributed by atoms with van der Waals surface area (Å²) in [5, 5.41) is 5.96. The van der Waals surface area contributed by atoms with Crippen LogP contribution in [0, 0.1) is 0 Å². The maximum absolute atomic E-state index is 10.4. The molecule has 2 fully saturated rings. The fourth-order valence-electron chi connectivity index (χ4n) is 1.22. The summed E-state index contributed by atoms with van der Waals surface area (Å²) in [7, 11) is 0. The van der Waals surface area contributed by atoms with Gasteiger partial charge in [-0.2, -0.15) is 0 Å². The molecule has 0 radical (unpaired) electrons. The molecule has 0 atom stereocenters. The maximum Gasteiger partial charge on any atom is 0.222 e. The first kappa shape index (κ1) is 4.32. The summed E-state index contributed by atoms with van der Waals surface area (Å²) in [6.45, 7) is 1.94. The number of hydrogen-bond donors (Lipinski definition) is 2. The first-order valence-corrected chi connectivity index (χ1v) is 2.83. The molecule has 2 aliphatic rings. The Hall–Kier alpha value is -0.570. The Morgan fingerprint density at radius 1 is 1.50 bits per heavy atom. The van der Waals surface area contributed by atoms with Crippen molar-refractivity contribution in [1.29, 1.82) is 0 Å². The number of nitrogens with one attached hydrogen (secondary N) is 2. The van der Waals surface area contributed by atoms with Gasteiger partial charge >= 0.3 is 0 Å². The van der Waals surface area contributed by atoms with Crippen molar-refractivity contribution in [2.24, 2.45) is 0 Å². The summed E-state index contributed by atoms with van der Waals surface area (Å²) in [6, 6.07) is 0. The van der Waals surface area contributed by atoms with Gasteiger partial charge in [0, 0.05) is 13.1 Å². The van der Waals surface area contributed by atoms with Crippen LogP contribution >= 0.6 is 0 Å². The third-order valence-corrected chi connectivity index (χ3v) is 1.83. The molecule has 0 saturated carbocycles. The highest BCUT2D eigenvalue weighted by Gasteiger charge is 2.47. The summed E-state index contributed by atoms with van der Waals surface area (Å²) >= 11 is 0. The highest BCUT2D eigenvalue weighted by atomic mass is 16.2. The van der Waals surface area contributed by atoms with E-state index in [0.717, 1.165) is 19.5 Å². The molecule has 2 heterocycles. The number of carbonyl (C=O) groups is 1. The third-order valence-electron chi connectivity index (χ3n) is 1.83. The second kappa shape index (κ2) is 1.05. The van der Waals surface area contributed by atoms with Gasteiger partial charge in [-0.1, -0.05) is 0 Å². The molecule has 3 heteroatoms. The Kier molecular flexibility index (Phi) is 0.568. The molecule has 3 nitrogen and oxygen atoms in total. The van der Waals surface area contributed by atoms with E-state index in [-0.39, 0.29) is 11.4 Å². The van der Waals surface area contributed by atoms with Crippen LogP contribution in [0.1, 0.15) is 6.42 Å². The standard InChI is InChI=1S/C5H8N2O/c8-4-1-5(7-4)2-6-3-5/h6H,1-3H2,(H,7,8). The zero-order valence-electron chi connectivity index (χ0n) is 4.53. The van der Waals surface area contributed by atoms with Crippen LogP contribution in [0.15, 0.2) is 0 Å².